The van der Waals surface area contributed by atoms with Crippen LogP contribution in [0.2, 0.25) is 0 Å². The first-order valence-corrected chi connectivity index (χ1v) is 5.70. The van der Waals surface area contributed by atoms with Crippen LogP contribution >= 0.6 is 0 Å². The first kappa shape index (κ1) is 12.6. The molecule has 18 heavy (non-hydrogen) atoms. The van der Waals surface area contributed by atoms with Crippen LogP contribution in [0.4, 0.5) is 4.79 Å². The van der Waals surface area contributed by atoms with Crippen LogP contribution in [0.15, 0.2) is 24.3 Å². The highest BCUT2D eigenvalue weighted by Crippen LogP contribution is 2.30. The van der Waals surface area contributed by atoms with Gasteiger partial charge in [0.2, 0.25) is 0 Å². The molecule has 2 unspecified atom stereocenters. The van der Waals surface area contributed by atoms with Crippen molar-refractivity contribution in [3.05, 3.63) is 24.3 Å². The van der Waals surface area contributed by atoms with E-state index in [4.69, 9.17) is 9.57 Å². The molecule has 98 valence electrons. The average Bonchev–Trinajstić information content (AvgIpc) is 2.65. The van der Waals surface area contributed by atoms with Gasteiger partial charge in [0.15, 0.2) is 0 Å². The fourth-order valence-corrected chi connectivity index (χ4v) is 2.20. The molecule has 1 fully saturated rings. The number of urea groups is 1. The van der Waals surface area contributed by atoms with Gasteiger partial charge in [-0.15, -0.1) is 6.58 Å². The molecule has 0 spiro atoms. The molecule has 0 aromatic rings. The van der Waals surface area contributed by atoms with Crippen molar-refractivity contribution in [3.8, 4) is 0 Å². The van der Waals surface area contributed by atoms with E-state index in [9.17, 15) is 9.59 Å². The number of esters is 1. The van der Waals surface area contributed by atoms with Crippen LogP contribution < -0.4 is 0 Å². The summed E-state index contributed by atoms with van der Waals surface area (Å²) in [7, 11) is 1.31. The number of nitrogens with zero attached hydrogens (tertiary/aromatic N) is 2. The Bertz CT molecular complexity index is 418. The fourth-order valence-electron chi connectivity index (χ4n) is 2.20. The monoisotopic (exact) mass is 252 g/mol. The van der Waals surface area contributed by atoms with Gasteiger partial charge >= 0.3 is 12.0 Å². The molecule has 1 saturated heterocycles. The van der Waals surface area contributed by atoms with Crippen molar-refractivity contribution in [2.45, 2.75) is 19.0 Å². The highest BCUT2D eigenvalue weighted by atomic mass is 16.7. The normalized spacial score (nSPS) is 26.1. The van der Waals surface area contributed by atoms with Gasteiger partial charge in [-0.1, -0.05) is 6.08 Å². The highest BCUT2D eigenvalue weighted by Gasteiger charge is 2.47. The zero-order valence-electron chi connectivity index (χ0n) is 10.5. The van der Waals surface area contributed by atoms with E-state index in [2.05, 4.69) is 6.58 Å². The standard InChI is InChI=1S/C12H16N2O4/c1-4-5-18-14-10-7-13(12(14)16)9(6-8(10)2)11(15)17-3/h4,6,9-10H,1,5,7H2,2-3H3. The van der Waals surface area contributed by atoms with Gasteiger partial charge in [-0.3, -0.25) is 4.84 Å². The Balaban J connectivity index is 2.22. The Labute approximate surface area is 105 Å². The van der Waals surface area contributed by atoms with E-state index < -0.39 is 12.0 Å². The minimum Gasteiger partial charge on any atom is -0.467 e. The topological polar surface area (TPSA) is 59.1 Å². The number of hydrogen-bond acceptors (Lipinski definition) is 4. The number of fused-ring (bicyclic) bond motifs is 2. The number of ether oxygens (including phenoxy) is 1. The molecule has 2 rings (SSSR count). The molecule has 0 saturated carbocycles. The van der Waals surface area contributed by atoms with Crippen molar-refractivity contribution >= 4 is 12.0 Å². The first-order valence-electron chi connectivity index (χ1n) is 5.70. The maximum absolute atomic E-state index is 12.1. The van der Waals surface area contributed by atoms with Crippen LogP contribution in [0.1, 0.15) is 6.92 Å². The van der Waals surface area contributed by atoms with E-state index in [1.165, 1.54) is 17.1 Å². The Kier molecular flexibility index (Phi) is 3.38. The minimum absolute atomic E-state index is 0.140. The van der Waals surface area contributed by atoms with Crippen LogP contribution in [-0.4, -0.2) is 54.3 Å². The van der Waals surface area contributed by atoms with E-state index in [0.717, 1.165) is 5.57 Å². The van der Waals surface area contributed by atoms with Crippen molar-refractivity contribution in [3.63, 3.8) is 0 Å². The molecule has 0 aliphatic carbocycles. The van der Waals surface area contributed by atoms with Crippen molar-refractivity contribution in [2.75, 3.05) is 20.3 Å². The summed E-state index contributed by atoms with van der Waals surface area (Å²) in [5.41, 5.74) is 0.927. The number of amides is 2. The quantitative estimate of drug-likeness (QED) is 0.546. The van der Waals surface area contributed by atoms with Gasteiger partial charge in [0, 0.05) is 0 Å². The van der Waals surface area contributed by atoms with E-state index in [-0.39, 0.29) is 18.7 Å². The number of rotatable bonds is 4. The molecule has 2 heterocycles. The summed E-state index contributed by atoms with van der Waals surface area (Å²) in [4.78, 5) is 30.5. The predicted octanol–water partition coefficient (Wildman–Crippen LogP) is 0.712. The molecular weight excluding hydrogens is 236 g/mol. The van der Waals surface area contributed by atoms with Gasteiger partial charge in [-0.05, 0) is 18.6 Å². The molecule has 2 aliphatic heterocycles. The molecule has 0 aromatic carbocycles. The van der Waals surface area contributed by atoms with E-state index in [1.54, 1.807) is 12.2 Å². The Hall–Kier alpha value is -1.82. The van der Waals surface area contributed by atoms with Gasteiger partial charge in [0.05, 0.1) is 26.3 Å². The van der Waals surface area contributed by atoms with Crippen LogP contribution in [-0.2, 0) is 14.4 Å². The minimum atomic E-state index is -0.656. The molecule has 2 bridgehead atoms. The summed E-state index contributed by atoms with van der Waals surface area (Å²) < 4.78 is 4.70. The summed E-state index contributed by atoms with van der Waals surface area (Å²) in [6, 6.07) is -1.11. The zero-order valence-corrected chi connectivity index (χ0v) is 10.5. The van der Waals surface area contributed by atoms with Gasteiger partial charge in [0.1, 0.15) is 6.04 Å². The summed E-state index contributed by atoms with van der Waals surface area (Å²) in [5, 5.41) is 1.30. The lowest BCUT2D eigenvalue weighted by Crippen LogP contribution is -2.44. The largest absolute Gasteiger partial charge is 0.467 e. The summed E-state index contributed by atoms with van der Waals surface area (Å²) in [6.45, 7) is 6.12. The van der Waals surface area contributed by atoms with Gasteiger partial charge in [-0.25, -0.2) is 9.59 Å². The van der Waals surface area contributed by atoms with E-state index >= 15 is 0 Å². The molecular formula is C12H16N2O4. The number of carbonyl (C=O) groups excluding carboxylic acids is 2. The Morgan fingerprint density at radius 3 is 3.00 bits per heavy atom. The second-order valence-electron chi connectivity index (χ2n) is 4.24. The molecule has 6 nitrogen and oxygen atoms in total. The first-order chi connectivity index (χ1) is 8.60. The third-order valence-corrected chi connectivity index (χ3v) is 3.14. The van der Waals surface area contributed by atoms with Crippen LogP contribution in [0.5, 0.6) is 0 Å². The number of carbonyl (C=O) groups is 2. The van der Waals surface area contributed by atoms with Crippen LogP contribution in [0.25, 0.3) is 0 Å². The van der Waals surface area contributed by atoms with Crippen molar-refractivity contribution in [1.29, 1.82) is 0 Å². The van der Waals surface area contributed by atoms with Crippen molar-refractivity contribution in [2.24, 2.45) is 0 Å². The average molecular weight is 252 g/mol. The molecule has 0 aromatic heterocycles. The SMILES string of the molecule is C=CCON1C(=O)N2CC1C(C)=CC2C(=O)OC. The lowest BCUT2D eigenvalue weighted by atomic mass is 10.0. The molecule has 2 atom stereocenters. The summed E-state index contributed by atoms with van der Waals surface area (Å²) in [6.07, 6.45) is 3.32. The number of hydrogen-bond donors (Lipinski definition) is 0. The van der Waals surface area contributed by atoms with Crippen LogP contribution in [0.3, 0.4) is 0 Å². The molecule has 2 amide bonds. The van der Waals surface area contributed by atoms with Gasteiger partial charge in [-0.2, -0.15) is 5.06 Å². The van der Waals surface area contributed by atoms with Crippen molar-refractivity contribution < 1.29 is 19.2 Å². The van der Waals surface area contributed by atoms with Crippen LogP contribution in [0, 0.1) is 0 Å². The third kappa shape index (κ3) is 1.88. The van der Waals surface area contributed by atoms with Gasteiger partial charge < -0.3 is 9.64 Å². The summed E-state index contributed by atoms with van der Waals surface area (Å²) in [5.74, 6) is -0.438. The van der Waals surface area contributed by atoms with E-state index in [0.29, 0.717) is 6.54 Å². The molecule has 6 heteroatoms. The Morgan fingerprint density at radius 2 is 2.39 bits per heavy atom. The van der Waals surface area contributed by atoms with Gasteiger partial charge in [0.25, 0.3) is 0 Å². The maximum atomic E-state index is 12.1. The third-order valence-electron chi connectivity index (χ3n) is 3.14. The molecule has 0 N–H and O–H groups in total. The zero-order chi connectivity index (χ0) is 13.3. The predicted molar refractivity (Wildman–Crippen MR) is 63.4 cm³/mol. The lowest BCUT2D eigenvalue weighted by Gasteiger charge is -2.26. The smallest absolute Gasteiger partial charge is 0.345 e. The van der Waals surface area contributed by atoms with Crippen molar-refractivity contribution in [1.82, 2.24) is 9.96 Å². The number of methoxy groups -OCH3 is 1. The molecule has 0 radical (unpaired) electrons. The van der Waals surface area contributed by atoms with E-state index in [1.807, 2.05) is 6.92 Å². The molecule has 2 aliphatic rings. The highest BCUT2D eigenvalue weighted by molar-refractivity contribution is 5.88. The lowest BCUT2D eigenvalue weighted by molar-refractivity contribution is -0.144. The fraction of sp³-hybridized carbons (Fsp3) is 0.500. The number of hydroxylamine groups is 2. The second kappa shape index (κ2) is 4.81. The maximum Gasteiger partial charge on any atom is 0.345 e. The Morgan fingerprint density at radius 1 is 1.67 bits per heavy atom. The second-order valence-corrected chi connectivity index (χ2v) is 4.24. The summed E-state index contributed by atoms with van der Waals surface area (Å²) >= 11 is 0.